The van der Waals surface area contributed by atoms with Gasteiger partial charge in [0.15, 0.2) is 9.59 Å². The molecule has 0 saturated carbocycles. The minimum absolute atomic E-state index is 0. The van der Waals surface area contributed by atoms with E-state index in [2.05, 4.69) is 50.0 Å². The Morgan fingerprint density at radius 3 is 3.00 bits per heavy atom. The first-order valence-electron chi connectivity index (χ1n) is 6.40. The molecular weight excluding hydrogens is 407 g/mol. The van der Waals surface area contributed by atoms with Crippen LogP contribution < -0.4 is 5.32 Å². The summed E-state index contributed by atoms with van der Waals surface area (Å²) in [6, 6.07) is 3.97. The Hall–Kier alpha value is -0.900. The monoisotopic (exact) mass is 422 g/mol. The zero-order chi connectivity index (χ0) is 13.9. The molecule has 0 aliphatic carbocycles. The van der Waals surface area contributed by atoms with E-state index in [4.69, 9.17) is 8.94 Å². The lowest BCUT2D eigenvalue weighted by Gasteiger charge is -2.30. The maximum atomic E-state index is 5.44. The van der Waals surface area contributed by atoms with Crippen LogP contribution in [-0.2, 0) is 0 Å². The molecule has 0 bridgehead atoms. The Labute approximate surface area is 142 Å². The molecule has 1 aliphatic rings. The smallest absolute Gasteiger partial charge is 0.250 e. The molecule has 0 radical (unpaired) electrons. The largest absolute Gasteiger partial charge is 0.451 e. The van der Waals surface area contributed by atoms with Gasteiger partial charge in [-0.3, -0.25) is 4.90 Å². The third-order valence-electron chi connectivity index (χ3n) is 3.25. The van der Waals surface area contributed by atoms with Crippen LogP contribution in [0.4, 0.5) is 0 Å². The highest BCUT2D eigenvalue weighted by molar-refractivity contribution is 14.1. The van der Waals surface area contributed by atoms with Gasteiger partial charge in [0.2, 0.25) is 0 Å². The van der Waals surface area contributed by atoms with E-state index in [1.165, 1.54) is 0 Å². The van der Waals surface area contributed by atoms with Crippen molar-refractivity contribution in [1.82, 2.24) is 20.4 Å². The van der Waals surface area contributed by atoms with Crippen LogP contribution >= 0.6 is 35.0 Å². The number of aromatic nitrogens is 2. The quantitative estimate of drug-likeness (QED) is 0.767. The summed E-state index contributed by atoms with van der Waals surface area (Å²) in [6.45, 7) is 2.82. The summed E-state index contributed by atoms with van der Waals surface area (Å²) >= 11 is 2.13. The molecular formula is C13H16ClIN4O2. The predicted octanol–water partition coefficient (Wildman–Crippen LogP) is 2.44. The van der Waals surface area contributed by atoms with Gasteiger partial charge in [0.05, 0.1) is 6.04 Å². The number of hydrogen-bond donors (Lipinski definition) is 1. The zero-order valence-electron chi connectivity index (χ0n) is 11.5. The third kappa shape index (κ3) is 4.06. The summed E-state index contributed by atoms with van der Waals surface area (Å²) in [4.78, 5) is 6.64. The van der Waals surface area contributed by atoms with Gasteiger partial charge in [-0.1, -0.05) is 5.16 Å². The van der Waals surface area contributed by atoms with E-state index in [1.807, 2.05) is 18.2 Å². The van der Waals surface area contributed by atoms with Crippen LogP contribution in [0.1, 0.15) is 23.5 Å². The Morgan fingerprint density at radius 2 is 2.29 bits per heavy atom. The molecule has 8 heteroatoms. The Bertz CT molecular complexity index is 613. The van der Waals surface area contributed by atoms with Crippen molar-refractivity contribution in [1.29, 1.82) is 0 Å². The van der Waals surface area contributed by atoms with Crippen molar-refractivity contribution >= 4 is 47.1 Å². The van der Waals surface area contributed by atoms with E-state index in [-0.39, 0.29) is 18.4 Å². The second-order valence-corrected chi connectivity index (χ2v) is 5.73. The fourth-order valence-corrected chi connectivity index (χ4v) is 2.55. The van der Waals surface area contributed by atoms with Crippen molar-refractivity contribution < 1.29 is 8.94 Å². The molecule has 1 aliphatic heterocycles. The third-order valence-corrected chi connectivity index (χ3v) is 3.83. The summed E-state index contributed by atoms with van der Waals surface area (Å²) < 4.78 is 11.5. The van der Waals surface area contributed by atoms with Crippen molar-refractivity contribution in [2.24, 2.45) is 0 Å². The van der Waals surface area contributed by atoms with Gasteiger partial charge in [-0.05, 0) is 47.8 Å². The van der Waals surface area contributed by atoms with Gasteiger partial charge in [-0.15, -0.1) is 12.4 Å². The number of nitrogens with one attached hydrogen (secondary N) is 1. The van der Waals surface area contributed by atoms with Gasteiger partial charge in [0.1, 0.15) is 5.76 Å². The zero-order valence-corrected chi connectivity index (χ0v) is 14.4. The molecule has 1 N–H and O–H groups in total. The van der Waals surface area contributed by atoms with Gasteiger partial charge in [-0.25, -0.2) is 0 Å². The highest BCUT2D eigenvalue weighted by Crippen LogP contribution is 2.18. The summed E-state index contributed by atoms with van der Waals surface area (Å²) in [5.74, 6) is 1.98. The highest BCUT2D eigenvalue weighted by atomic mass is 127. The first-order chi connectivity index (χ1) is 9.72. The number of rotatable bonds is 3. The molecule has 6 nitrogen and oxygen atoms in total. The molecule has 1 fully saturated rings. The molecule has 1 unspecified atom stereocenters. The average Bonchev–Trinajstić information content (AvgIpc) is 3.06. The number of nitrogens with zero attached hydrogens (tertiary/aromatic N) is 3. The molecule has 114 valence electrons. The van der Waals surface area contributed by atoms with Crippen LogP contribution in [-0.4, -0.2) is 41.7 Å². The highest BCUT2D eigenvalue weighted by Gasteiger charge is 2.24. The predicted molar refractivity (Wildman–Crippen MR) is 90.1 cm³/mol. The van der Waals surface area contributed by atoms with E-state index in [0.717, 1.165) is 29.2 Å². The minimum atomic E-state index is 0. The van der Waals surface area contributed by atoms with Crippen LogP contribution in [0.3, 0.4) is 0 Å². The second kappa shape index (κ2) is 7.39. The topological polar surface area (TPSA) is 67.3 Å². The second-order valence-electron chi connectivity index (χ2n) is 4.67. The summed E-state index contributed by atoms with van der Waals surface area (Å²) in [7, 11) is 2.07. The summed E-state index contributed by atoms with van der Waals surface area (Å²) in [5, 5.41) is 7.39. The Kier molecular flexibility index (Phi) is 5.80. The average molecular weight is 423 g/mol. The fourth-order valence-electron chi connectivity index (χ4n) is 2.12. The SMILES string of the molecule is CN1CCNCC1c1noc(/C=C/c2ccc(I)o2)n1.Cl. The standard InChI is InChI=1S/C13H15IN4O2.ClH/c1-18-7-6-15-8-10(18)13-16-12(20-17-13)5-3-9-2-4-11(14)19-9;/h2-5,10,15H,6-8H2,1H3;1H/b5-3+;. The van der Waals surface area contributed by atoms with Gasteiger partial charge >= 0.3 is 0 Å². The molecule has 3 rings (SSSR count). The lowest BCUT2D eigenvalue weighted by Crippen LogP contribution is -2.44. The number of likely N-dealkylation sites (N-methyl/N-ethyl adjacent to an activating group) is 1. The maximum Gasteiger partial charge on any atom is 0.250 e. The Morgan fingerprint density at radius 1 is 1.43 bits per heavy atom. The molecule has 2 aromatic rings. The molecule has 0 aromatic carbocycles. The van der Waals surface area contributed by atoms with Crippen LogP contribution in [0.15, 0.2) is 21.1 Å². The van der Waals surface area contributed by atoms with Crippen LogP contribution in [0, 0.1) is 3.77 Å². The lowest BCUT2D eigenvalue weighted by molar-refractivity contribution is 0.190. The van der Waals surface area contributed by atoms with E-state index >= 15 is 0 Å². The summed E-state index contributed by atoms with van der Waals surface area (Å²) in [6.07, 6.45) is 3.59. The van der Waals surface area contributed by atoms with Crippen LogP contribution in [0.25, 0.3) is 12.2 Å². The van der Waals surface area contributed by atoms with Crippen molar-refractivity contribution in [3.8, 4) is 0 Å². The fraction of sp³-hybridized carbons (Fsp3) is 0.385. The number of halogens is 2. The minimum Gasteiger partial charge on any atom is -0.451 e. The van der Waals surface area contributed by atoms with E-state index in [9.17, 15) is 0 Å². The van der Waals surface area contributed by atoms with Gasteiger partial charge in [0, 0.05) is 25.7 Å². The molecule has 21 heavy (non-hydrogen) atoms. The molecule has 1 atom stereocenters. The van der Waals surface area contributed by atoms with Gasteiger partial charge < -0.3 is 14.3 Å². The normalized spacial score (nSPS) is 19.8. The van der Waals surface area contributed by atoms with Gasteiger partial charge in [-0.2, -0.15) is 4.98 Å². The first kappa shape index (κ1) is 16.5. The molecule has 1 saturated heterocycles. The van der Waals surface area contributed by atoms with Gasteiger partial charge in [0.25, 0.3) is 5.89 Å². The number of hydrogen-bond acceptors (Lipinski definition) is 6. The van der Waals surface area contributed by atoms with Crippen LogP contribution in [0.5, 0.6) is 0 Å². The number of piperazine rings is 1. The first-order valence-corrected chi connectivity index (χ1v) is 7.48. The summed E-state index contributed by atoms with van der Waals surface area (Å²) in [5.41, 5.74) is 0. The maximum absolute atomic E-state index is 5.44. The molecule has 0 spiro atoms. The van der Waals surface area contributed by atoms with Crippen molar-refractivity contribution in [2.45, 2.75) is 6.04 Å². The van der Waals surface area contributed by atoms with E-state index in [0.29, 0.717) is 11.7 Å². The Balaban J connectivity index is 0.00000161. The number of furan rings is 1. The van der Waals surface area contributed by atoms with Crippen molar-refractivity contribution in [2.75, 3.05) is 26.7 Å². The van der Waals surface area contributed by atoms with Crippen LogP contribution in [0.2, 0.25) is 0 Å². The van der Waals surface area contributed by atoms with Crippen molar-refractivity contribution in [3.05, 3.63) is 33.4 Å². The molecule has 0 amide bonds. The van der Waals surface area contributed by atoms with Crippen molar-refractivity contribution in [3.63, 3.8) is 0 Å². The molecule has 3 heterocycles. The van der Waals surface area contributed by atoms with E-state index in [1.54, 1.807) is 6.08 Å². The lowest BCUT2D eigenvalue weighted by atomic mass is 10.2. The molecule has 2 aromatic heterocycles. The van der Waals surface area contributed by atoms with E-state index < -0.39 is 0 Å².